The lowest BCUT2D eigenvalue weighted by molar-refractivity contribution is 0.0642. The lowest BCUT2D eigenvalue weighted by Crippen LogP contribution is -2.40. The monoisotopic (exact) mass is 217 g/mol. The quantitative estimate of drug-likeness (QED) is 0.766. The van der Waals surface area contributed by atoms with E-state index in [1.54, 1.807) is 31.2 Å². The molecule has 0 aromatic heterocycles. The topological polar surface area (TPSA) is 60.2 Å². The Bertz CT molecular complexity index is 430. The highest BCUT2D eigenvalue weighted by Crippen LogP contribution is 2.41. The fourth-order valence-corrected chi connectivity index (χ4v) is 2.23. The van der Waals surface area contributed by atoms with Gasteiger partial charge in [0.05, 0.1) is 5.41 Å². The number of hydrogen-bond acceptors (Lipinski definition) is 3. The van der Waals surface area contributed by atoms with Gasteiger partial charge in [0.1, 0.15) is 0 Å². The van der Waals surface area contributed by atoms with E-state index in [2.05, 4.69) is 0 Å². The van der Waals surface area contributed by atoms with Crippen molar-refractivity contribution >= 4 is 11.6 Å². The van der Waals surface area contributed by atoms with Gasteiger partial charge in [0.2, 0.25) is 0 Å². The number of nitrogens with two attached hydrogens (primary N) is 1. The minimum Gasteiger partial charge on any atom is -0.330 e. The van der Waals surface area contributed by atoms with Crippen LogP contribution in [0.3, 0.4) is 0 Å². The van der Waals surface area contributed by atoms with Crippen LogP contribution in [0.15, 0.2) is 24.3 Å². The minimum atomic E-state index is -0.974. The van der Waals surface area contributed by atoms with E-state index < -0.39 is 5.41 Å². The number of ketones is 2. The molecule has 0 radical (unpaired) electrons. The van der Waals surface area contributed by atoms with Crippen LogP contribution in [0.4, 0.5) is 0 Å². The van der Waals surface area contributed by atoms with Gasteiger partial charge >= 0.3 is 0 Å². The zero-order valence-corrected chi connectivity index (χ0v) is 9.49. The van der Waals surface area contributed by atoms with Gasteiger partial charge in [0.25, 0.3) is 0 Å². The average molecular weight is 217 g/mol. The van der Waals surface area contributed by atoms with Crippen LogP contribution in [-0.4, -0.2) is 18.1 Å². The van der Waals surface area contributed by atoms with Crippen LogP contribution >= 0.6 is 0 Å². The molecule has 0 aliphatic heterocycles. The van der Waals surface area contributed by atoms with E-state index in [9.17, 15) is 9.59 Å². The van der Waals surface area contributed by atoms with E-state index in [4.69, 9.17) is 5.73 Å². The van der Waals surface area contributed by atoms with Gasteiger partial charge in [0, 0.05) is 11.1 Å². The second-order valence-electron chi connectivity index (χ2n) is 4.54. The zero-order chi connectivity index (χ0) is 11.9. The first-order valence-electron chi connectivity index (χ1n) is 5.42. The van der Waals surface area contributed by atoms with E-state index in [-0.39, 0.29) is 17.5 Å². The van der Waals surface area contributed by atoms with E-state index in [0.29, 0.717) is 17.7 Å². The normalized spacial score (nSPS) is 19.7. The summed E-state index contributed by atoms with van der Waals surface area (Å²) < 4.78 is 0. The summed E-state index contributed by atoms with van der Waals surface area (Å²) in [6.45, 7) is 3.89. The van der Waals surface area contributed by atoms with Crippen molar-refractivity contribution in [1.29, 1.82) is 0 Å². The van der Waals surface area contributed by atoms with Crippen molar-refractivity contribution in [3.63, 3.8) is 0 Å². The number of carbonyl (C=O) groups is 2. The van der Waals surface area contributed by atoms with Crippen molar-refractivity contribution in [2.75, 3.05) is 6.54 Å². The van der Waals surface area contributed by atoms with Crippen molar-refractivity contribution in [3.8, 4) is 0 Å². The molecule has 1 atom stereocenters. The van der Waals surface area contributed by atoms with Crippen LogP contribution < -0.4 is 5.73 Å². The third-order valence-corrected chi connectivity index (χ3v) is 3.70. The van der Waals surface area contributed by atoms with Crippen LogP contribution in [0, 0.1) is 11.3 Å². The van der Waals surface area contributed by atoms with Crippen molar-refractivity contribution in [2.24, 2.45) is 17.1 Å². The lowest BCUT2D eigenvalue weighted by atomic mass is 9.74. The molecule has 1 aromatic carbocycles. The molecule has 0 saturated carbocycles. The Morgan fingerprint density at radius 2 is 1.62 bits per heavy atom. The van der Waals surface area contributed by atoms with Crippen LogP contribution in [0.2, 0.25) is 0 Å². The maximum atomic E-state index is 12.3. The molecular formula is C13H15NO2. The largest absolute Gasteiger partial charge is 0.330 e. The molecule has 1 unspecified atom stereocenters. The second kappa shape index (κ2) is 3.52. The number of benzene rings is 1. The van der Waals surface area contributed by atoms with Crippen LogP contribution in [0.5, 0.6) is 0 Å². The first-order chi connectivity index (χ1) is 7.53. The van der Waals surface area contributed by atoms with Crippen LogP contribution in [0.25, 0.3) is 0 Å². The van der Waals surface area contributed by atoms with Gasteiger partial charge in [-0.15, -0.1) is 0 Å². The first-order valence-corrected chi connectivity index (χ1v) is 5.42. The summed E-state index contributed by atoms with van der Waals surface area (Å²) >= 11 is 0. The van der Waals surface area contributed by atoms with Gasteiger partial charge in [-0.2, -0.15) is 0 Å². The Labute approximate surface area is 94.6 Å². The molecule has 1 aliphatic carbocycles. The Morgan fingerprint density at radius 3 is 2.00 bits per heavy atom. The molecule has 0 amide bonds. The predicted molar refractivity (Wildman–Crippen MR) is 61.4 cm³/mol. The molecule has 0 heterocycles. The van der Waals surface area contributed by atoms with E-state index in [1.807, 2.05) is 6.92 Å². The molecule has 84 valence electrons. The SMILES string of the molecule is CC(CN)C1(C)C(=O)c2ccccc2C1=O. The highest BCUT2D eigenvalue weighted by atomic mass is 16.2. The van der Waals surface area contributed by atoms with Crippen molar-refractivity contribution in [2.45, 2.75) is 13.8 Å². The highest BCUT2D eigenvalue weighted by Gasteiger charge is 2.51. The van der Waals surface area contributed by atoms with Gasteiger partial charge in [-0.3, -0.25) is 9.59 Å². The van der Waals surface area contributed by atoms with E-state index in [0.717, 1.165) is 0 Å². The average Bonchev–Trinajstić information content (AvgIpc) is 2.52. The van der Waals surface area contributed by atoms with E-state index in [1.165, 1.54) is 0 Å². The molecule has 0 bridgehead atoms. The van der Waals surface area contributed by atoms with Gasteiger partial charge in [-0.1, -0.05) is 31.2 Å². The van der Waals surface area contributed by atoms with Crippen molar-refractivity contribution < 1.29 is 9.59 Å². The molecule has 0 spiro atoms. The molecule has 1 aromatic rings. The fraction of sp³-hybridized carbons (Fsp3) is 0.385. The molecule has 3 nitrogen and oxygen atoms in total. The summed E-state index contributed by atoms with van der Waals surface area (Å²) in [5.74, 6) is -0.322. The summed E-state index contributed by atoms with van der Waals surface area (Å²) in [6.07, 6.45) is 0. The number of rotatable bonds is 2. The zero-order valence-electron chi connectivity index (χ0n) is 9.49. The third-order valence-electron chi connectivity index (χ3n) is 3.70. The maximum Gasteiger partial charge on any atom is 0.177 e. The Balaban J connectivity index is 2.58. The molecule has 0 fully saturated rings. The molecule has 0 saturated heterocycles. The molecule has 2 N–H and O–H groups in total. The number of fused-ring (bicyclic) bond motifs is 1. The summed E-state index contributed by atoms with van der Waals surface area (Å²) in [5, 5.41) is 0. The van der Waals surface area contributed by atoms with Crippen molar-refractivity contribution in [3.05, 3.63) is 35.4 Å². The van der Waals surface area contributed by atoms with Gasteiger partial charge in [-0.25, -0.2) is 0 Å². The Hall–Kier alpha value is -1.48. The third kappa shape index (κ3) is 1.18. The van der Waals surface area contributed by atoms with E-state index >= 15 is 0 Å². The molecule has 1 aliphatic rings. The Morgan fingerprint density at radius 1 is 1.19 bits per heavy atom. The Kier molecular flexibility index (Phi) is 2.43. The smallest absolute Gasteiger partial charge is 0.177 e. The summed E-state index contributed by atoms with van der Waals surface area (Å²) in [4.78, 5) is 24.5. The second-order valence-corrected chi connectivity index (χ2v) is 4.54. The van der Waals surface area contributed by atoms with Crippen molar-refractivity contribution in [1.82, 2.24) is 0 Å². The summed E-state index contributed by atoms with van der Waals surface area (Å²) in [7, 11) is 0. The van der Waals surface area contributed by atoms with Crippen LogP contribution in [-0.2, 0) is 0 Å². The number of Topliss-reactive ketones (excluding diaryl/α,β-unsaturated/α-hetero) is 2. The molecule has 16 heavy (non-hydrogen) atoms. The highest BCUT2D eigenvalue weighted by molar-refractivity contribution is 6.29. The summed E-state index contributed by atoms with van der Waals surface area (Å²) in [6, 6.07) is 6.99. The van der Waals surface area contributed by atoms with Gasteiger partial charge in [-0.05, 0) is 19.4 Å². The number of hydrogen-bond donors (Lipinski definition) is 1. The standard InChI is InChI=1S/C13H15NO2/c1-8(7-14)13(2)11(15)9-5-3-4-6-10(9)12(13)16/h3-6,8H,7,14H2,1-2H3. The summed E-state index contributed by atoms with van der Waals surface area (Å²) in [5.41, 5.74) is 5.69. The fourth-order valence-electron chi connectivity index (χ4n) is 2.23. The molecular weight excluding hydrogens is 202 g/mol. The lowest BCUT2D eigenvalue weighted by Gasteiger charge is -2.26. The molecule has 2 rings (SSSR count). The first kappa shape index (κ1) is 11.0. The maximum absolute atomic E-state index is 12.3. The van der Waals surface area contributed by atoms with Gasteiger partial charge in [0.15, 0.2) is 11.6 Å². The van der Waals surface area contributed by atoms with Crippen LogP contribution in [0.1, 0.15) is 34.6 Å². The molecule has 3 heteroatoms. The number of carbonyl (C=O) groups excluding carboxylic acids is 2. The minimum absolute atomic E-state index is 0.0916. The predicted octanol–water partition coefficient (Wildman–Crippen LogP) is 1.67. The van der Waals surface area contributed by atoms with Gasteiger partial charge < -0.3 is 5.73 Å².